The topological polar surface area (TPSA) is 90.9 Å². The highest BCUT2D eigenvalue weighted by Crippen LogP contribution is 2.13. The zero-order valence-corrected chi connectivity index (χ0v) is 13.0. The van der Waals surface area contributed by atoms with Crippen molar-refractivity contribution >= 4 is 12.1 Å². The van der Waals surface area contributed by atoms with Gasteiger partial charge in [-0.2, -0.15) is 8.78 Å². The number of nitrogens with one attached hydrogen (secondary N) is 2. The van der Waals surface area contributed by atoms with E-state index in [1.54, 1.807) is 20.8 Å². The molecule has 0 aromatic rings. The number of hydrogen-bond acceptors (Lipinski definition) is 5. The number of alkyl halides is 2. The van der Waals surface area contributed by atoms with E-state index in [0.717, 1.165) is 0 Å². The van der Waals surface area contributed by atoms with Gasteiger partial charge in [-0.05, 0) is 20.8 Å². The maximum Gasteiger partial charge on any atom is 0.410 e. The van der Waals surface area contributed by atoms with Crippen LogP contribution in [0, 0.1) is 0 Å². The highest BCUT2D eigenvalue weighted by molar-refractivity contribution is 5.75. The van der Waals surface area contributed by atoms with Crippen LogP contribution in [0.1, 0.15) is 20.8 Å². The maximum atomic E-state index is 12.9. The molecule has 7 nitrogen and oxygen atoms in total. The Hall–Kier alpha value is -1.48. The standard InChI is InChI=1S/C13H23F2N3O4/c1-12(2,3)22-11(21)18-5-4-17-9(7-18)6-16-8-13(14,15)10(19)20/h9,16-17H,4-8H2,1-3H3,(H,19,20)/t9-/m1/s1. The first-order chi connectivity index (χ1) is 10.0. The van der Waals surface area contributed by atoms with E-state index >= 15 is 0 Å². The summed E-state index contributed by atoms with van der Waals surface area (Å²) in [5, 5.41) is 13.8. The fraction of sp³-hybridized carbons (Fsp3) is 0.846. The zero-order chi connectivity index (χ0) is 17.0. The van der Waals surface area contributed by atoms with Gasteiger partial charge in [-0.1, -0.05) is 0 Å². The lowest BCUT2D eigenvalue weighted by atomic mass is 10.2. The molecule has 1 amide bonds. The van der Waals surface area contributed by atoms with Crippen LogP contribution in [0.4, 0.5) is 13.6 Å². The minimum Gasteiger partial charge on any atom is -0.477 e. The molecule has 22 heavy (non-hydrogen) atoms. The second kappa shape index (κ2) is 7.19. The molecule has 0 saturated carbocycles. The summed E-state index contributed by atoms with van der Waals surface area (Å²) in [6, 6.07) is -0.245. The fourth-order valence-electron chi connectivity index (χ4n) is 1.93. The molecule has 1 aliphatic rings. The first-order valence-electron chi connectivity index (χ1n) is 7.04. The number of carboxylic acids is 1. The molecule has 0 bridgehead atoms. The summed E-state index contributed by atoms with van der Waals surface area (Å²) in [4.78, 5) is 23.7. The van der Waals surface area contributed by atoms with E-state index in [1.807, 2.05) is 0 Å². The molecular weight excluding hydrogens is 300 g/mol. The minimum absolute atomic E-state index is 0.127. The molecular formula is C13H23F2N3O4. The molecule has 3 N–H and O–H groups in total. The first kappa shape index (κ1) is 18.6. The third kappa shape index (κ3) is 6.10. The van der Waals surface area contributed by atoms with Gasteiger partial charge in [0.1, 0.15) is 5.60 Å². The summed E-state index contributed by atoms with van der Waals surface area (Å²) in [6.07, 6.45) is -0.449. The van der Waals surface area contributed by atoms with Crippen molar-refractivity contribution in [3.05, 3.63) is 0 Å². The lowest BCUT2D eigenvalue weighted by Crippen LogP contribution is -2.57. The molecule has 0 aliphatic carbocycles. The van der Waals surface area contributed by atoms with Crippen molar-refractivity contribution < 1.29 is 28.2 Å². The Morgan fingerprint density at radius 2 is 2.05 bits per heavy atom. The molecule has 1 atom stereocenters. The predicted octanol–water partition coefficient (Wildman–Crippen LogP) is 0.505. The van der Waals surface area contributed by atoms with E-state index in [0.29, 0.717) is 19.6 Å². The van der Waals surface area contributed by atoms with Gasteiger partial charge in [-0.25, -0.2) is 9.59 Å². The summed E-state index contributed by atoms with van der Waals surface area (Å²) in [7, 11) is 0. The Morgan fingerprint density at radius 1 is 1.41 bits per heavy atom. The number of amides is 1. The van der Waals surface area contributed by atoms with Gasteiger partial charge in [-0.15, -0.1) is 0 Å². The third-order valence-electron chi connectivity index (χ3n) is 2.96. The second-order valence-electron chi connectivity index (χ2n) is 6.22. The lowest BCUT2D eigenvalue weighted by molar-refractivity contribution is -0.164. The smallest absolute Gasteiger partial charge is 0.410 e. The number of ether oxygens (including phenoxy) is 1. The van der Waals surface area contributed by atoms with Crippen LogP contribution >= 0.6 is 0 Å². The van der Waals surface area contributed by atoms with Gasteiger partial charge < -0.3 is 25.4 Å². The van der Waals surface area contributed by atoms with Gasteiger partial charge in [0.05, 0.1) is 6.54 Å². The maximum absolute atomic E-state index is 12.9. The van der Waals surface area contributed by atoms with Crippen LogP contribution in [0.3, 0.4) is 0 Å². The van der Waals surface area contributed by atoms with Crippen molar-refractivity contribution in [3.63, 3.8) is 0 Å². The Bertz CT molecular complexity index is 413. The molecule has 1 saturated heterocycles. The minimum atomic E-state index is -3.81. The van der Waals surface area contributed by atoms with Crippen molar-refractivity contribution in [1.29, 1.82) is 0 Å². The molecule has 0 spiro atoms. The van der Waals surface area contributed by atoms with E-state index in [-0.39, 0.29) is 12.6 Å². The van der Waals surface area contributed by atoms with Crippen molar-refractivity contribution in [2.45, 2.75) is 38.3 Å². The molecule has 1 fully saturated rings. The Balaban J connectivity index is 2.41. The summed E-state index contributed by atoms with van der Waals surface area (Å²) in [5.41, 5.74) is -0.598. The van der Waals surface area contributed by atoms with E-state index in [9.17, 15) is 18.4 Å². The van der Waals surface area contributed by atoms with Gasteiger partial charge in [-0.3, -0.25) is 0 Å². The van der Waals surface area contributed by atoms with Crippen LogP contribution in [0.5, 0.6) is 0 Å². The summed E-state index contributed by atoms with van der Waals surface area (Å²) in [6.45, 7) is 5.76. The Morgan fingerprint density at radius 3 is 2.59 bits per heavy atom. The van der Waals surface area contributed by atoms with Crippen LogP contribution in [0.25, 0.3) is 0 Å². The van der Waals surface area contributed by atoms with Gasteiger partial charge in [0, 0.05) is 32.2 Å². The number of aliphatic carboxylic acids is 1. The summed E-state index contributed by atoms with van der Waals surface area (Å²) < 4.78 is 31.1. The van der Waals surface area contributed by atoms with Gasteiger partial charge in [0.15, 0.2) is 0 Å². The number of carbonyl (C=O) groups is 2. The molecule has 0 aromatic carbocycles. The molecule has 1 rings (SSSR count). The number of carboxylic acid groups (broad SMARTS) is 1. The largest absolute Gasteiger partial charge is 0.477 e. The Labute approximate surface area is 128 Å². The van der Waals surface area contributed by atoms with Crippen LogP contribution in [0.15, 0.2) is 0 Å². The van der Waals surface area contributed by atoms with Crippen molar-refractivity contribution in [1.82, 2.24) is 15.5 Å². The Kier molecular flexibility index (Phi) is 6.07. The summed E-state index contributed by atoms with van der Waals surface area (Å²) in [5.74, 6) is -5.97. The number of piperazine rings is 1. The van der Waals surface area contributed by atoms with Gasteiger partial charge >= 0.3 is 18.0 Å². The van der Waals surface area contributed by atoms with E-state index in [1.165, 1.54) is 4.90 Å². The first-order valence-corrected chi connectivity index (χ1v) is 7.04. The molecule has 0 unspecified atom stereocenters. The van der Waals surface area contributed by atoms with Crippen LogP contribution in [-0.2, 0) is 9.53 Å². The number of halogens is 2. The van der Waals surface area contributed by atoms with Crippen LogP contribution < -0.4 is 10.6 Å². The summed E-state index contributed by atoms with van der Waals surface area (Å²) >= 11 is 0. The van der Waals surface area contributed by atoms with Gasteiger partial charge in [0.25, 0.3) is 0 Å². The average molecular weight is 323 g/mol. The molecule has 0 radical (unpaired) electrons. The van der Waals surface area contributed by atoms with E-state index < -0.39 is 30.1 Å². The molecule has 1 heterocycles. The highest BCUT2D eigenvalue weighted by atomic mass is 19.3. The van der Waals surface area contributed by atoms with Crippen molar-refractivity contribution in [2.24, 2.45) is 0 Å². The molecule has 0 aromatic heterocycles. The zero-order valence-electron chi connectivity index (χ0n) is 13.0. The quantitative estimate of drug-likeness (QED) is 0.683. The number of hydrogen-bond donors (Lipinski definition) is 3. The molecule has 1 aliphatic heterocycles. The average Bonchev–Trinajstić information content (AvgIpc) is 2.36. The fourth-order valence-corrected chi connectivity index (χ4v) is 1.93. The van der Waals surface area contributed by atoms with E-state index in [2.05, 4.69) is 10.6 Å². The highest BCUT2D eigenvalue weighted by Gasteiger charge is 2.38. The van der Waals surface area contributed by atoms with Crippen LogP contribution in [0.2, 0.25) is 0 Å². The number of rotatable bonds is 5. The van der Waals surface area contributed by atoms with Crippen molar-refractivity contribution in [3.8, 4) is 0 Å². The second-order valence-corrected chi connectivity index (χ2v) is 6.22. The predicted molar refractivity (Wildman–Crippen MR) is 75.1 cm³/mol. The monoisotopic (exact) mass is 323 g/mol. The SMILES string of the molecule is CC(C)(C)OC(=O)N1CCN[C@H](CNCC(F)(F)C(=O)O)C1. The number of nitrogens with zero attached hydrogens (tertiary/aromatic N) is 1. The normalized spacial score (nSPS) is 19.9. The van der Waals surface area contributed by atoms with E-state index in [4.69, 9.17) is 9.84 Å². The third-order valence-corrected chi connectivity index (χ3v) is 2.96. The van der Waals surface area contributed by atoms with Gasteiger partial charge in [0.2, 0.25) is 0 Å². The molecule has 9 heteroatoms. The number of carbonyl (C=O) groups excluding carboxylic acids is 1. The lowest BCUT2D eigenvalue weighted by Gasteiger charge is -2.35. The van der Waals surface area contributed by atoms with Crippen LogP contribution in [-0.4, -0.2) is 72.4 Å². The molecule has 128 valence electrons. The van der Waals surface area contributed by atoms with Crippen molar-refractivity contribution in [2.75, 3.05) is 32.7 Å².